The number of amides is 1. The van der Waals surface area contributed by atoms with Crippen molar-refractivity contribution in [2.75, 3.05) is 6.54 Å². The molecule has 3 heteroatoms. The van der Waals surface area contributed by atoms with Gasteiger partial charge >= 0.3 is 0 Å². The van der Waals surface area contributed by atoms with Crippen LogP contribution in [-0.4, -0.2) is 23.2 Å². The minimum absolute atomic E-state index is 0.136. The number of hydrogen-bond donors (Lipinski definition) is 2. The van der Waals surface area contributed by atoms with Gasteiger partial charge in [-0.3, -0.25) is 4.79 Å². The van der Waals surface area contributed by atoms with E-state index in [1.54, 1.807) is 0 Å². The number of carbonyl (C=O) groups excluding carboxylic acids is 1. The van der Waals surface area contributed by atoms with Crippen LogP contribution in [0.4, 0.5) is 0 Å². The van der Waals surface area contributed by atoms with Crippen LogP contribution in [-0.2, 0) is 4.79 Å². The average Bonchev–Trinajstić information content (AvgIpc) is 2.76. The Morgan fingerprint density at radius 2 is 1.76 bits per heavy atom. The van der Waals surface area contributed by atoms with Crippen molar-refractivity contribution in [2.45, 2.75) is 69.8 Å². The van der Waals surface area contributed by atoms with Crippen molar-refractivity contribution in [2.24, 2.45) is 5.92 Å². The lowest BCUT2D eigenvalue weighted by atomic mass is 9.87. The Labute approximate surface area is 104 Å². The van der Waals surface area contributed by atoms with Crippen molar-refractivity contribution in [1.29, 1.82) is 0 Å². The van der Waals surface area contributed by atoms with E-state index in [1.165, 1.54) is 32.1 Å². The van der Waals surface area contributed by atoms with E-state index in [-0.39, 0.29) is 5.91 Å². The van der Waals surface area contributed by atoms with Crippen molar-refractivity contribution < 1.29 is 9.90 Å². The van der Waals surface area contributed by atoms with Crippen LogP contribution in [0.15, 0.2) is 0 Å². The SMILES string of the molecule is O=C(CC1CCCCC1)NCC1(O)CCCC1. The van der Waals surface area contributed by atoms with E-state index in [1.807, 2.05) is 0 Å². The van der Waals surface area contributed by atoms with Crippen LogP contribution in [0, 0.1) is 5.92 Å². The third kappa shape index (κ3) is 3.98. The molecule has 0 saturated heterocycles. The predicted molar refractivity (Wildman–Crippen MR) is 67.6 cm³/mol. The van der Waals surface area contributed by atoms with Crippen LogP contribution < -0.4 is 5.32 Å². The fourth-order valence-electron chi connectivity index (χ4n) is 3.20. The van der Waals surface area contributed by atoms with Gasteiger partial charge < -0.3 is 10.4 Å². The van der Waals surface area contributed by atoms with Gasteiger partial charge in [0.1, 0.15) is 0 Å². The van der Waals surface area contributed by atoms with E-state index in [0.29, 0.717) is 18.9 Å². The molecule has 0 aliphatic heterocycles. The van der Waals surface area contributed by atoms with Gasteiger partial charge in [-0.05, 0) is 31.6 Å². The summed E-state index contributed by atoms with van der Waals surface area (Å²) in [5.41, 5.74) is -0.609. The summed E-state index contributed by atoms with van der Waals surface area (Å²) in [6.45, 7) is 0.457. The molecule has 2 aliphatic rings. The second-order valence-electron chi connectivity index (χ2n) is 5.92. The minimum atomic E-state index is -0.609. The van der Waals surface area contributed by atoms with Crippen molar-refractivity contribution in [1.82, 2.24) is 5.32 Å². The smallest absolute Gasteiger partial charge is 0.220 e. The topological polar surface area (TPSA) is 49.3 Å². The number of hydrogen-bond acceptors (Lipinski definition) is 2. The van der Waals surface area contributed by atoms with Gasteiger partial charge in [0.15, 0.2) is 0 Å². The summed E-state index contributed by atoms with van der Waals surface area (Å²) in [6, 6.07) is 0. The maximum absolute atomic E-state index is 11.8. The summed E-state index contributed by atoms with van der Waals surface area (Å²) >= 11 is 0. The number of carbonyl (C=O) groups is 1. The Morgan fingerprint density at radius 3 is 2.41 bits per heavy atom. The molecule has 0 spiro atoms. The molecule has 0 heterocycles. The largest absolute Gasteiger partial charge is 0.388 e. The predicted octanol–water partition coefficient (Wildman–Crippen LogP) is 2.38. The van der Waals surface area contributed by atoms with Crippen LogP contribution in [0.3, 0.4) is 0 Å². The van der Waals surface area contributed by atoms with Crippen LogP contribution in [0.5, 0.6) is 0 Å². The normalized spacial score (nSPS) is 24.8. The van der Waals surface area contributed by atoms with Crippen molar-refractivity contribution >= 4 is 5.91 Å². The van der Waals surface area contributed by atoms with Gasteiger partial charge in [-0.1, -0.05) is 32.1 Å². The summed E-state index contributed by atoms with van der Waals surface area (Å²) in [5, 5.41) is 13.1. The average molecular weight is 239 g/mol. The molecule has 0 radical (unpaired) electrons. The monoisotopic (exact) mass is 239 g/mol. The lowest BCUT2D eigenvalue weighted by Crippen LogP contribution is -2.41. The minimum Gasteiger partial charge on any atom is -0.388 e. The Hall–Kier alpha value is -0.570. The third-order valence-corrected chi connectivity index (χ3v) is 4.35. The zero-order chi connectivity index (χ0) is 12.1. The summed E-state index contributed by atoms with van der Waals surface area (Å²) in [7, 11) is 0. The zero-order valence-electron chi connectivity index (χ0n) is 10.7. The summed E-state index contributed by atoms with van der Waals surface area (Å²) in [6.07, 6.45) is 10.8. The van der Waals surface area contributed by atoms with Gasteiger partial charge in [0.25, 0.3) is 0 Å². The van der Waals surface area contributed by atoms with Crippen LogP contribution in [0.2, 0.25) is 0 Å². The molecule has 1 amide bonds. The highest BCUT2D eigenvalue weighted by Gasteiger charge is 2.31. The van der Waals surface area contributed by atoms with E-state index < -0.39 is 5.60 Å². The quantitative estimate of drug-likeness (QED) is 0.791. The van der Waals surface area contributed by atoms with Gasteiger partial charge in [-0.15, -0.1) is 0 Å². The molecule has 98 valence electrons. The lowest BCUT2D eigenvalue weighted by Gasteiger charge is -2.24. The number of nitrogens with one attached hydrogen (secondary N) is 1. The summed E-state index contributed by atoms with van der Waals surface area (Å²) in [4.78, 5) is 11.8. The first kappa shape index (κ1) is 12.9. The first-order valence-electron chi connectivity index (χ1n) is 7.17. The van der Waals surface area contributed by atoms with Crippen LogP contribution >= 0.6 is 0 Å². The Balaban J connectivity index is 1.66. The molecule has 3 nitrogen and oxygen atoms in total. The second kappa shape index (κ2) is 5.85. The fourth-order valence-corrected chi connectivity index (χ4v) is 3.20. The van der Waals surface area contributed by atoms with Crippen molar-refractivity contribution in [3.63, 3.8) is 0 Å². The fraction of sp³-hybridized carbons (Fsp3) is 0.929. The van der Waals surface area contributed by atoms with E-state index in [9.17, 15) is 9.90 Å². The van der Waals surface area contributed by atoms with E-state index >= 15 is 0 Å². The van der Waals surface area contributed by atoms with Crippen molar-refractivity contribution in [3.05, 3.63) is 0 Å². The van der Waals surface area contributed by atoms with Crippen LogP contribution in [0.1, 0.15) is 64.2 Å². The second-order valence-corrected chi connectivity index (χ2v) is 5.92. The first-order valence-corrected chi connectivity index (χ1v) is 7.17. The van der Waals surface area contributed by atoms with Crippen LogP contribution in [0.25, 0.3) is 0 Å². The molecule has 0 unspecified atom stereocenters. The van der Waals surface area contributed by atoms with Crippen molar-refractivity contribution in [3.8, 4) is 0 Å². The molecular weight excluding hydrogens is 214 g/mol. The molecule has 2 N–H and O–H groups in total. The molecule has 0 aromatic heterocycles. The molecule has 2 saturated carbocycles. The van der Waals surface area contributed by atoms with Gasteiger partial charge in [0.05, 0.1) is 5.60 Å². The molecular formula is C14H25NO2. The molecule has 2 rings (SSSR count). The highest BCUT2D eigenvalue weighted by molar-refractivity contribution is 5.76. The maximum Gasteiger partial charge on any atom is 0.220 e. The van der Waals surface area contributed by atoms with E-state index in [0.717, 1.165) is 25.7 Å². The molecule has 2 aliphatic carbocycles. The highest BCUT2D eigenvalue weighted by atomic mass is 16.3. The molecule has 0 atom stereocenters. The molecule has 17 heavy (non-hydrogen) atoms. The lowest BCUT2D eigenvalue weighted by molar-refractivity contribution is -0.123. The van der Waals surface area contributed by atoms with Gasteiger partial charge in [-0.2, -0.15) is 0 Å². The Morgan fingerprint density at radius 1 is 1.12 bits per heavy atom. The van der Waals surface area contributed by atoms with Gasteiger partial charge in [0, 0.05) is 13.0 Å². The molecule has 0 aromatic carbocycles. The summed E-state index contributed by atoms with van der Waals surface area (Å²) in [5.74, 6) is 0.721. The number of rotatable bonds is 4. The Kier molecular flexibility index (Phi) is 4.43. The van der Waals surface area contributed by atoms with Gasteiger partial charge in [0.2, 0.25) is 5.91 Å². The maximum atomic E-state index is 11.8. The highest BCUT2D eigenvalue weighted by Crippen LogP contribution is 2.29. The van der Waals surface area contributed by atoms with E-state index in [2.05, 4.69) is 5.32 Å². The molecule has 2 fully saturated rings. The van der Waals surface area contributed by atoms with Gasteiger partial charge in [-0.25, -0.2) is 0 Å². The van der Waals surface area contributed by atoms with E-state index in [4.69, 9.17) is 0 Å². The molecule has 0 bridgehead atoms. The Bertz CT molecular complexity index is 253. The standard InChI is InChI=1S/C14H25NO2/c16-13(10-12-6-2-1-3-7-12)15-11-14(17)8-4-5-9-14/h12,17H,1-11H2,(H,15,16). The first-order chi connectivity index (χ1) is 8.18. The number of aliphatic hydroxyl groups is 1. The summed E-state index contributed by atoms with van der Waals surface area (Å²) < 4.78 is 0. The molecule has 0 aromatic rings. The third-order valence-electron chi connectivity index (χ3n) is 4.35. The zero-order valence-corrected chi connectivity index (χ0v) is 10.7.